The maximum atomic E-state index is 9.61. The van der Waals surface area contributed by atoms with Crippen molar-refractivity contribution in [2.75, 3.05) is 19.7 Å². The highest BCUT2D eigenvalue weighted by Gasteiger charge is 2.31. The van der Waals surface area contributed by atoms with Gasteiger partial charge in [0.2, 0.25) is 0 Å². The first-order valence-corrected chi connectivity index (χ1v) is 6.59. The van der Waals surface area contributed by atoms with Gasteiger partial charge in [-0.3, -0.25) is 0 Å². The fraction of sp³-hybridized carbons (Fsp3) is 0.538. The Labute approximate surface area is 105 Å². The van der Waals surface area contributed by atoms with Gasteiger partial charge in [-0.2, -0.15) is 0 Å². The van der Waals surface area contributed by atoms with Crippen molar-refractivity contribution in [3.8, 4) is 0 Å². The van der Waals surface area contributed by atoms with Gasteiger partial charge >= 0.3 is 0 Å². The summed E-state index contributed by atoms with van der Waals surface area (Å²) in [5, 5.41) is 13.0. The molecule has 0 saturated carbocycles. The topological polar surface area (TPSA) is 32.3 Å². The van der Waals surface area contributed by atoms with Gasteiger partial charge in [-0.1, -0.05) is 28.1 Å². The van der Waals surface area contributed by atoms with Crippen LogP contribution in [0.5, 0.6) is 0 Å². The van der Waals surface area contributed by atoms with Gasteiger partial charge in [0, 0.05) is 16.4 Å². The molecule has 1 atom stereocenters. The second-order valence-electron chi connectivity index (χ2n) is 4.74. The monoisotopic (exact) mass is 283 g/mol. The Bertz CT molecular complexity index is 330. The fourth-order valence-corrected chi connectivity index (χ4v) is 2.67. The summed E-state index contributed by atoms with van der Waals surface area (Å²) in [6.07, 6.45) is 3.24. The molecule has 0 bridgehead atoms. The van der Waals surface area contributed by atoms with Crippen LogP contribution in [0, 0.1) is 5.41 Å². The number of aliphatic hydroxyl groups is 1. The zero-order valence-corrected chi connectivity index (χ0v) is 11.0. The van der Waals surface area contributed by atoms with E-state index in [0.717, 1.165) is 36.8 Å². The highest BCUT2D eigenvalue weighted by Crippen LogP contribution is 2.30. The van der Waals surface area contributed by atoms with Crippen LogP contribution >= 0.6 is 15.9 Å². The molecule has 2 rings (SSSR count). The predicted octanol–water partition coefficient (Wildman–Crippen LogP) is 2.35. The van der Waals surface area contributed by atoms with Crippen molar-refractivity contribution in [1.82, 2.24) is 5.32 Å². The summed E-state index contributed by atoms with van der Waals surface area (Å²) in [5.41, 5.74) is 1.35. The number of hydrogen-bond donors (Lipinski definition) is 2. The minimum absolute atomic E-state index is 0.0477. The van der Waals surface area contributed by atoms with Crippen molar-refractivity contribution in [3.63, 3.8) is 0 Å². The van der Waals surface area contributed by atoms with Crippen molar-refractivity contribution in [1.29, 1.82) is 0 Å². The maximum absolute atomic E-state index is 9.61. The molecule has 0 amide bonds. The van der Waals surface area contributed by atoms with E-state index in [9.17, 15) is 5.11 Å². The van der Waals surface area contributed by atoms with E-state index in [1.54, 1.807) is 0 Å². The number of benzene rings is 1. The van der Waals surface area contributed by atoms with Gasteiger partial charge in [0.15, 0.2) is 0 Å². The third-order valence-corrected chi connectivity index (χ3v) is 3.92. The molecule has 0 aliphatic carbocycles. The number of nitrogens with one attached hydrogen (secondary N) is 1. The van der Waals surface area contributed by atoms with E-state index in [-0.39, 0.29) is 12.0 Å². The van der Waals surface area contributed by atoms with Gasteiger partial charge < -0.3 is 10.4 Å². The molecule has 1 heterocycles. The van der Waals surface area contributed by atoms with Gasteiger partial charge in [0.1, 0.15) is 0 Å². The van der Waals surface area contributed by atoms with Crippen LogP contribution in [0.15, 0.2) is 28.7 Å². The summed E-state index contributed by atoms with van der Waals surface area (Å²) in [5.74, 6) is 0. The van der Waals surface area contributed by atoms with Gasteiger partial charge in [-0.25, -0.2) is 0 Å². The Morgan fingerprint density at radius 1 is 1.31 bits per heavy atom. The molecule has 1 fully saturated rings. The zero-order valence-electron chi connectivity index (χ0n) is 9.38. The Balaban J connectivity index is 2.08. The molecular formula is C13H18BrNO. The molecule has 88 valence electrons. The van der Waals surface area contributed by atoms with Crippen molar-refractivity contribution in [2.24, 2.45) is 5.41 Å². The molecule has 1 aromatic carbocycles. The molecule has 1 aliphatic heterocycles. The molecule has 0 radical (unpaired) electrons. The van der Waals surface area contributed by atoms with Gasteiger partial charge in [0.05, 0.1) is 6.61 Å². The van der Waals surface area contributed by atoms with Crippen molar-refractivity contribution < 1.29 is 5.11 Å². The van der Waals surface area contributed by atoms with Crippen LogP contribution in [0.1, 0.15) is 18.4 Å². The normalized spacial score (nSPS) is 25.6. The van der Waals surface area contributed by atoms with E-state index in [1.807, 2.05) is 0 Å². The molecule has 3 heteroatoms. The summed E-state index contributed by atoms with van der Waals surface area (Å²) >= 11 is 3.44. The third-order valence-electron chi connectivity index (χ3n) is 3.39. The highest BCUT2D eigenvalue weighted by molar-refractivity contribution is 9.10. The average Bonchev–Trinajstić information content (AvgIpc) is 2.33. The van der Waals surface area contributed by atoms with E-state index in [0.29, 0.717) is 0 Å². The lowest BCUT2D eigenvalue weighted by Crippen LogP contribution is -2.44. The van der Waals surface area contributed by atoms with Crippen LogP contribution in [-0.4, -0.2) is 24.8 Å². The van der Waals surface area contributed by atoms with E-state index in [4.69, 9.17) is 0 Å². The van der Waals surface area contributed by atoms with Crippen molar-refractivity contribution >= 4 is 15.9 Å². The maximum Gasteiger partial charge on any atom is 0.0502 e. The average molecular weight is 284 g/mol. The Kier molecular flexibility index (Phi) is 4.00. The lowest BCUT2D eigenvalue weighted by molar-refractivity contribution is 0.0948. The molecule has 1 aliphatic rings. The summed E-state index contributed by atoms with van der Waals surface area (Å²) in [7, 11) is 0. The van der Waals surface area contributed by atoms with Crippen LogP contribution in [-0.2, 0) is 6.42 Å². The highest BCUT2D eigenvalue weighted by atomic mass is 79.9. The van der Waals surface area contributed by atoms with Gasteiger partial charge in [-0.05, 0) is 43.5 Å². The number of hydrogen-bond acceptors (Lipinski definition) is 2. The second-order valence-corrected chi connectivity index (χ2v) is 5.66. The van der Waals surface area contributed by atoms with Crippen molar-refractivity contribution in [3.05, 3.63) is 34.3 Å². The predicted molar refractivity (Wildman–Crippen MR) is 69.5 cm³/mol. The van der Waals surface area contributed by atoms with E-state index in [1.165, 1.54) is 5.56 Å². The Hall–Kier alpha value is -0.380. The van der Waals surface area contributed by atoms with Gasteiger partial charge in [-0.15, -0.1) is 0 Å². The quantitative estimate of drug-likeness (QED) is 0.893. The van der Waals surface area contributed by atoms with Crippen LogP contribution in [0.2, 0.25) is 0 Å². The second kappa shape index (κ2) is 5.30. The molecule has 1 unspecified atom stereocenters. The zero-order chi connectivity index (χ0) is 11.4. The first kappa shape index (κ1) is 12.1. The number of aliphatic hydroxyl groups excluding tert-OH is 1. The molecule has 1 saturated heterocycles. The van der Waals surface area contributed by atoms with Crippen LogP contribution in [0.25, 0.3) is 0 Å². The number of rotatable bonds is 3. The minimum Gasteiger partial charge on any atom is -0.396 e. The van der Waals surface area contributed by atoms with Crippen molar-refractivity contribution in [2.45, 2.75) is 19.3 Å². The SMILES string of the molecule is OCC1(Cc2ccc(Br)cc2)CCCNC1. The minimum atomic E-state index is 0.0477. The first-order valence-electron chi connectivity index (χ1n) is 5.80. The Morgan fingerprint density at radius 3 is 2.62 bits per heavy atom. The molecule has 2 nitrogen and oxygen atoms in total. The van der Waals surface area contributed by atoms with E-state index in [2.05, 4.69) is 45.5 Å². The van der Waals surface area contributed by atoms with E-state index < -0.39 is 0 Å². The molecular weight excluding hydrogens is 266 g/mol. The Morgan fingerprint density at radius 2 is 2.06 bits per heavy atom. The van der Waals surface area contributed by atoms with E-state index >= 15 is 0 Å². The van der Waals surface area contributed by atoms with Crippen LogP contribution < -0.4 is 5.32 Å². The van der Waals surface area contributed by atoms with Gasteiger partial charge in [0.25, 0.3) is 0 Å². The number of piperidine rings is 1. The standard InChI is InChI=1S/C13H18BrNO/c14-12-4-2-11(3-5-12)8-13(10-16)6-1-7-15-9-13/h2-5,15-16H,1,6-10H2. The van der Waals surface area contributed by atoms with Crippen LogP contribution in [0.4, 0.5) is 0 Å². The smallest absolute Gasteiger partial charge is 0.0502 e. The number of halogens is 1. The molecule has 16 heavy (non-hydrogen) atoms. The summed E-state index contributed by atoms with van der Waals surface area (Å²) < 4.78 is 1.11. The largest absolute Gasteiger partial charge is 0.396 e. The first-order chi connectivity index (χ1) is 7.74. The molecule has 1 aromatic rings. The summed E-state index contributed by atoms with van der Waals surface area (Å²) in [6, 6.07) is 8.40. The van der Waals surface area contributed by atoms with Crippen LogP contribution in [0.3, 0.4) is 0 Å². The molecule has 0 spiro atoms. The summed E-state index contributed by atoms with van der Waals surface area (Å²) in [6.45, 7) is 2.29. The molecule has 2 N–H and O–H groups in total. The lowest BCUT2D eigenvalue weighted by Gasteiger charge is -2.36. The lowest BCUT2D eigenvalue weighted by atomic mass is 9.76. The molecule has 0 aromatic heterocycles. The summed E-state index contributed by atoms with van der Waals surface area (Å²) in [4.78, 5) is 0. The third kappa shape index (κ3) is 2.84. The fourth-order valence-electron chi connectivity index (χ4n) is 2.41.